The maximum atomic E-state index is 14.4. The Kier molecular flexibility index (Phi) is 16.6. The van der Waals surface area contributed by atoms with Gasteiger partial charge in [0.25, 0.3) is 0 Å². The third-order valence-electron chi connectivity index (χ3n) is 14.6. The lowest BCUT2D eigenvalue weighted by Gasteiger charge is -2.19. The molecular weight excluding hydrogens is 813 g/mol. The number of carbonyl (C=O) groups excluding carboxylic acids is 3. The fourth-order valence-corrected chi connectivity index (χ4v) is 10.5. The average Bonchev–Trinajstić information content (AvgIpc) is 4.02. The Bertz CT molecular complexity index is 2470. The maximum absolute atomic E-state index is 14.4. The molecule has 3 aromatic heterocycles. The fourth-order valence-electron chi connectivity index (χ4n) is 10.5. The van der Waals surface area contributed by atoms with Gasteiger partial charge < -0.3 is 34.8 Å². The van der Waals surface area contributed by atoms with Gasteiger partial charge in [0, 0.05) is 79.7 Å². The van der Waals surface area contributed by atoms with E-state index in [2.05, 4.69) is 88.3 Å². The number of aliphatic hydroxyl groups excluding tert-OH is 1. The monoisotopic (exact) mass is 889 g/mol. The van der Waals surface area contributed by atoms with E-state index in [9.17, 15) is 19.5 Å². The van der Waals surface area contributed by atoms with E-state index in [4.69, 9.17) is 9.47 Å². The van der Waals surface area contributed by atoms with Crippen LogP contribution in [0.15, 0.2) is 29.6 Å². The second-order valence-corrected chi connectivity index (χ2v) is 19.7. The summed E-state index contributed by atoms with van der Waals surface area (Å²) < 4.78 is 11.1. The zero-order valence-electron chi connectivity index (χ0n) is 40.9. The highest BCUT2D eigenvalue weighted by Gasteiger charge is 2.48. The Morgan fingerprint density at radius 2 is 1.54 bits per heavy atom. The molecule has 10 nitrogen and oxygen atoms in total. The molecule has 0 aromatic carbocycles. The van der Waals surface area contributed by atoms with Gasteiger partial charge in [0.1, 0.15) is 12.5 Å². The number of nitrogens with one attached hydrogen (secondary N) is 4. The van der Waals surface area contributed by atoms with Crippen LogP contribution in [-0.4, -0.2) is 51.5 Å². The van der Waals surface area contributed by atoms with Gasteiger partial charge in [0.2, 0.25) is 0 Å². The molecule has 5 heterocycles. The number of H-pyrrole nitrogens is 3. The van der Waals surface area contributed by atoms with Crippen molar-refractivity contribution < 1.29 is 29.0 Å². The van der Waals surface area contributed by atoms with Crippen LogP contribution in [0.25, 0.3) is 29.9 Å². The molecule has 0 radical (unpaired) electrons. The molecule has 5 N–H and O–H groups in total. The molecule has 1 aliphatic carbocycles. The smallest absolute Gasteiger partial charge is 0.321 e. The summed E-state index contributed by atoms with van der Waals surface area (Å²) >= 11 is 0. The summed E-state index contributed by atoms with van der Waals surface area (Å²) in [6.07, 6.45) is 22.5. The predicted molar refractivity (Wildman–Crippen MR) is 263 cm³/mol. The van der Waals surface area contributed by atoms with Crippen molar-refractivity contribution in [2.45, 2.75) is 146 Å². The van der Waals surface area contributed by atoms with E-state index in [-0.39, 0.29) is 43.2 Å². The number of aromatic nitrogens is 3. The lowest BCUT2D eigenvalue weighted by molar-refractivity contribution is -0.143. The maximum Gasteiger partial charge on any atom is 0.321 e. The number of fused-ring (bicyclic) bond motifs is 7. The normalized spacial score (nSPS) is 21.8. The molecule has 0 unspecified atom stereocenters. The highest BCUT2D eigenvalue weighted by molar-refractivity contribution is 6.24. The summed E-state index contributed by atoms with van der Waals surface area (Å²) in [6.45, 7) is 23.8. The number of hydrogen-bond donors (Lipinski definition) is 5. The van der Waals surface area contributed by atoms with Crippen molar-refractivity contribution in [1.82, 2.24) is 20.3 Å². The number of esters is 2. The van der Waals surface area contributed by atoms with Crippen molar-refractivity contribution in [3.63, 3.8) is 0 Å². The molecule has 5 atom stereocenters. The second kappa shape index (κ2) is 21.9. The summed E-state index contributed by atoms with van der Waals surface area (Å²) in [5, 5.41) is 16.2. The predicted octanol–water partition coefficient (Wildman–Crippen LogP) is 10.3. The summed E-state index contributed by atoms with van der Waals surface area (Å²) in [5.74, 6) is -0.577. The minimum atomic E-state index is -1.18. The summed E-state index contributed by atoms with van der Waals surface area (Å²) in [7, 11) is 1.30. The minimum absolute atomic E-state index is 0.145. The van der Waals surface area contributed by atoms with Crippen molar-refractivity contribution in [2.24, 2.45) is 35.5 Å². The average molecular weight is 889 g/mol. The minimum Gasteiger partial charge on any atom is -0.468 e. The van der Waals surface area contributed by atoms with Crippen LogP contribution in [0.5, 0.6) is 0 Å². The molecular formula is C55H76N4O6. The summed E-state index contributed by atoms with van der Waals surface area (Å²) in [4.78, 5) is 52.3. The van der Waals surface area contributed by atoms with Gasteiger partial charge in [0.15, 0.2) is 5.78 Å². The van der Waals surface area contributed by atoms with E-state index in [0.717, 1.165) is 81.1 Å². The highest BCUT2D eigenvalue weighted by Crippen LogP contribution is 2.48. The summed E-state index contributed by atoms with van der Waals surface area (Å²) in [6, 6.07) is 0. The largest absolute Gasteiger partial charge is 0.468 e. The number of allylic oxidation sites excluding steroid dienone is 3. The number of ether oxygens (including phenoxy) is 2. The lowest BCUT2D eigenvalue weighted by atomic mass is 9.85. The molecule has 0 spiro atoms. The Balaban J connectivity index is 1.23. The Morgan fingerprint density at radius 3 is 2.18 bits per heavy atom. The van der Waals surface area contributed by atoms with Gasteiger partial charge in [-0.1, -0.05) is 105 Å². The standard InChI is InChI=1S/C55H76N4O6/c1-12-38-35(8)42-27-46-39(13-2)41(30-60)47(57-46)28-43-36(9)40(52(58-43)50-51(55(63)64-11)54(62)49-37(10)44(59-53(49)50)29-45(38)56-42)23-24-48(61)65-26-25-34(7)22-16-21-33(6)20-15-19-32(5)18-14-17-31(3)4/h13,25,27-29,31-33,36,40,51,56-60H,2,12,14-24,26,30H2,1,3-11H3/b34-25+,42-27-,43-28-,45-29-,52-50-/t32-,33-,36+,40+,51-/m1/s1. The van der Waals surface area contributed by atoms with E-state index >= 15 is 0 Å². The first-order valence-electron chi connectivity index (χ1n) is 24.4. The van der Waals surface area contributed by atoms with E-state index in [0.29, 0.717) is 46.1 Å². The number of aliphatic hydroxyl groups is 1. The molecule has 0 amide bonds. The molecule has 8 bridgehead atoms. The van der Waals surface area contributed by atoms with Crippen LogP contribution >= 0.6 is 0 Å². The third kappa shape index (κ3) is 11.0. The van der Waals surface area contributed by atoms with Crippen LogP contribution in [0.4, 0.5) is 0 Å². The van der Waals surface area contributed by atoms with Gasteiger partial charge >= 0.3 is 11.9 Å². The van der Waals surface area contributed by atoms with E-state index in [1.165, 1.54) is 57.6 Å². The number of carbonyl (C=O) groups is 3. The van der Waals surface area contributed by atoms with E-state index in [1.807, 2.05) is 25.2 Å². The molecule has 1 fully saturated rings. The fraction of sp³-hybridized carbons (Fsp3) is 0.545. The van der Waals surface area contributed by atoms with E-state index in [1.54, 1.807) is 6.08 Å². The molecule has 352 valence electrons. The van der Waals surface area contributed by atoms with Gasteiger partial charge in [-0.2, -0.15) is 0 Å². The van der Waals surface area contributed by atoms with Crippen LogP contribution < -0.4 is 16.0 Å². The zero-order valence-corrected chi connectivity index (χ0v) is 40.9. The van der Waals surface area contributed by atoms with Gasteiger partial charge in [-0.15, -0.1) is 0 Å². The molecule has 10 heteroatoms. The number of rotatable bonds is 21. The van der Waals surface area contributed by atoms with Gasteiger partial charge in [0.05, 0.1) is 19.4 Å². The lowest BCUT2D eigenvalue weighted by Crippen LogP contribution is -2.25. The van der Waals surface area contributed by atoms with Crippen molar-refractivity contribution in [1.29, 1.82) is 0 Å². The SMILES string of the molecule is C=Cc1c2[nH]c(c1CO)/C=C1\N/C(=C3\c4[nH]c(c(C)c4C(=O)[C@@H]3C(=O)OC)/C=c3\[nH]/c(c(C)c3CC)=C\2)[C@@H](CCC(=O)OC/C=C(\C)CCC[C@H](C)CCC[C@H](C)CCCC(C)C)[C@@H]1C. The molecule has 6 rings (SSSR count). The van der Waals surface area contributed by atoms with Crippen molar-refractivity contribution in [3.8, 4) is 0 Å². The van der Waals surface area contributed by atoms with Crippen LogP contribution in [0.1, 0.15) is 180 Å². The van der Waals surface area contributed by atoms with Crippen molar-refractivity contribution >= 4 is 47.6 Å². The Morgan fingerprint density at radius 1 is 0.862 bits per heavy atom. The molecule has 1 saturated heterocycles. The Labute approximate surface area is 387 Å². The van der Waals surface area contributed by atoms with Crippen LogP contribution in [-0.2, 0) is 32.1 Å². The van der Waals surface area contributed by atoms with Crippen molar-refractivity contribution in [3.05, 3.63) is 96.5 Å². The Hall–Kier alpha value is -5.09. The quantitative estimate of drug-likeness (QED) is 0.0406. The van der Waals surface area contributed by atoms with Gasteiger partial charge in [-0.3, -0.25) is 14.4 Å². The van der Waals surface area contributed by atoms with Crippen LogP contribution in [0.3, 0.4) is 0 Å². The number of methoxy groups -OCH3 is 1. The number of ketones is 1. The topological polar surface area (TPSA) is 149 Å². The molecule has 0 saturated carbocycles. The number of hydrogen-bond acceptors (Lipinski definition) is 7. The number of aromatic amines is 3. The molecule has 3 aliphatic rings. The molecule has 2 aliphatic heterocycles. The zero-order chi connectivity index (χ0) is 47.1. The third-order valence-corrected chi connectivity index (χ3v) is 14.6. The van der Waals surface area contributed by atoms with Crippen LogP contribution in [0, 0.1) is 49.4 Å². The van der Waals surface area contributed by atoms with Crippen molar-refractivity contribution in [2.75, 3.05) is 13.7 Å². The summed E-state index contributed by atoms with van der Waals surface area (Å²) in [5.41, 5.74) is 11.1. The first-order chi connectivity index (χ1) is 31.1. The number of Topliss-reactive ketones (excluding diaryl/α,β-unsaturated/α-hetero) is 1. The first-order valence-corrected chi connectivity index (χ1v) is 24.4. The van der Waals surface area contributed by atoms with E-state index < -0.39 is 11.9 Å². The highest BCUT2D eigenvalue weighted by atomic mass is 16.5. The molecule has 65 heavy (non-hydrogen) atoms. The van der Waals surface area contributed by atoms with Gasteiger partial charge in [-0.05, 0) is 105 Å². The molecule has 3 aromatic rings. The second-order valence-electron chi connectivity index (χ2n) is 19.7. The first kappa shape index (κ1) is 49.3. The van der Waals surface area contributed by atoms with Gasteiger partial charge in [-0.25, -0.2) is 0 Å². The van der Waals surface area contributed by atoms with Crippen LogP contribution in [0.2, 0.25) is 0 Å².